The smallest absolute Gasteiger partial charge is 0.322 e. The number of hydrogen-bond donors (Lipinski definition) is 3. The van der Waals surface area contributed by atoms with Crippen LogP contribution in [0.5, 0.6) is 0 Å². The van der Waals surface area contributed by atoms with E-state index >= 15 is 0 Å². The molecule has 0 saturated carbocycles. The van der Waals surface area contributed by atoms with Crippen molar-refractivity contribution in [2.45, 2.75) is 0 Å². The van der Waals surface area contributed by atoms with E-state index in [1.165, 1.54) is 22.9 Å². The van der Waals surface area contributed by atoms with E-state index in [-0.39, 0.29) is 23.4 Å². The van der Waals surface area contributed by atoms with Gasteiger partial charge in [0, 0.05) is 0 Å². The topological polar surface area (TPSA) is 134 Å². The summed E-state index contributed by atoms with van der Waals surface area (Å²) in [6.07, 6.45) is 0. The second-order valence-corrected chi connectivity index (χ2v) is 4.83. The molecule has 1 heterocycles. The lowest BCUT2D eigenvalue weighted by atomic mass is 10.2. The standard InChI is InChI=1S/C11H10N4O5S/c16-8(13-4-9(17)18)3-12-6-1-2-7-10(14-5-21-7)11(6)15(19)20/h1-2,5,12H,3-4H2,(H,13,16)(H,17,18). The fourth-order valence-electron chi connectivity index (χ4n) is 1.66. The molecule has 0 unspecified atom stereocenters. The van der Waals surface area contributed by atoms with Gasteiger partial charge in [-0.15, -0.1) is 11.3 Å². The van der Waals surface area contributed by atoms with Gasteiger partial charge in [-0.2, -0.15) is 0 Å². The van der Waals surface area contributed by atoms with Crippen molar-refractivity contribution in [3.05, 3.63) is 27.8 Å². The highest BCUT2D eigenvalue weighted by Crippen LogP contribution is 2.34. The fraction of sp³-hybridized carbons (Fsp3) is 0.182. The molecular formula is C11H10N4O5S. The summed E-state index contributed by atoms with van der Waals surface area (Å²) in [5.41, 5.74) is 1.70. The van der Waals surface area contributed by atoms with Gasteiger partial charge < -0.3 is 15.7 Å². The number of carboxylic acid groups (broad SMARTS) is 1. The number of aromatic nitrogens is 1. The Hall–Kier alpha value is -2.75. The van der Waals surface area contributed by atoms with E-state index in [2.05, 4.69) is 15.6 Å². The van der Waals surface area contributed by atoms with E-state index in [1.54, 1.807) is 6.07 Å². The molecule has 0 spiro atoms. The summed E-state index contributed by atoms with van der Waals surface area (Å²) in [5.74, 6) is -1.75. The van der Waals surface area contributed by atoms with Gasteiger partial charge in [0.15, 0.2) is 5.52 Å². The summed E-state index contributed by atoms with van der Waals surface area (Å²) in [4.78, 5) is 36.2. The van der Waals surface area contributed by atoms with Gasteiger partial charge in [0.05, 0.1) is 21.7 Å². The maximum absolute atomic E-state index is 11.4. The molecular weight excluding hydrogens is 300 g/mol. The first-order valence-corrected chi connectivity index (χ1v) is 6.60. The highest BCUT2D eigenvalue weighted by Gasteiger charge is 2.20. The van der Waals surface area contributed by atoms with E-state index in [0.717, 1.165) is 0 Å². The number of hydrogen-bond acceptors (Lipinski definition) is 7. The Kier molecular flexibility index (Phi) is 4.28. The van der Waals surface area contributed by atoms with E-state index in [0.29, 0.717) is 4.70 Å². The normalized spacial score (nSPS) is 10.3. The van der Waals surface area contributed by atoms with Gasteiger partial charge in [-0.3, -0.25) is 19.7 Å². The van der Waals surface area contributed by atoms with E-state index < -0.39 is 23.3 Å². The Morgan fingerprint density at radius 2 is 2.14 bits per heavy atom. The zero-order chi connectivity index (χ0) is 15.4. The lowest BCUT2D eigenvalue weighted by molar-refractivity contribution is -0.382. The van der Waals surface area contributed by atoms with Crippen molar-refractivity contribution >= 4 is 44.8 Å². The summed E-state index contributed by atoms with van der Waals surface area (Å²) < 4.78 is 0.669. The number of nitro groups is 1. The number of nitrogens with zero attached hydrogens (tertiary/aromatic N) is 2. The number of thiazole rings is 1. The second-order valence-electron chi connectivity index (χ2n) is 3.94. The van der Waals surface area contributed by atoms with Crippen molar-refractivity contribution in [2.75, 3.05) is 18.4 Å². The number of carbonyl (C=O) groups is 2. The first-order chi connectivity index (χ1) is 9.99. The third-order valence-electron chi connectivity index (χ3n) is 2.53. The summed E-state index contributed by atoms with van der Waals surface area (Å²) in [7, 11) is 0. The lowest BCUT2D eigenvalue weighted by Crippen LogP contribution is -2.33. The largest absolute Gasteiger partial charge is 0.480 e. The van der Waals surface area contributed by atoms with Crippen molar-refractivity contribution in [3.8, 4) is 0 Å². The number of rotatable bonds is 6. The molecule has 0 aliphatic carbocycles. The molecule has 10 heteroatoms. The van der Waals surface area contributed by atoms with Gasteiger partial charge in [0.1, 0.15) is 12.2 Å². The molecule has 2 aromatic rings. The van der Waals surface area contributed by atoms with E-state index in [1.807, 2.05) is 0 Å². The summed E-state index contributed by atoms with van der Waals surface area (Å²) in [6.45, 7) is -0.780. The van der Waals surface area contributed by atoms with Crippen molar-refractivity contribution in [1.29, 1.82) is 0 Å². The molecule has 110 valence electrons. The van der Waals surface area contributed by atoms with Gasteiger partial charge in [0.25, 0.3) is 0 Å². The minimum Gasteiger partial charge on any atom is -0.480 e. The quantitative estimate of drug-likeness (QED) is 0.531. The molecule has 2 rings (SSSR count). The van der Waals surface area contributed by atoms with Crippen molar-refractivity contribution < 1.29 is 19.6 Å². The number of aliphatic carboxylic acids is 1. The van der Waals surface area contributed by atoms with Crippen LogP contribution in [0.15, 0.2) is 17.6 Å². The summed E-state index contributed by atoms with van der Waals surface area (Å²) in [6, 6.07) is 3.15. The predicted molar refractivity (Wildman–Crippen MR) is 75.4 cm³/mol. The maximum atomic E-state index is 11.4. The minimum absolute atomic E-state index is 0.156. The third-order valence-corrected chi connectivity index (χ3v) is 3.33. The number of carbonyl (C=O) groups excluding carboxylic acids is 1. The molecule has 1 amide bonds. The number of anilines is 1. The molecule has 0 fully saturated rings. The number of nitrogens with one attached hydrogen (secondary N) is 2. The maximum Gasteiger partial charge on any atom is 0.322 e. The molecule has 9 nitrogen and oxygen atoms in total. The van der Waals surface area contributed by atoms with Crippen LogP contribution in [0.4, 0.5) is 11.4 Å². The van der Waals surface area contributed by atoms with Crippen LogP contribution in [-0.4, -0.2) is 40.0 Å². The highest BCUT2D eigenvalue weighted by atomic mass is 32.1. The molecule has 0 aliphatic rings. The molecule has 3 N–H and O–H groups in total. The zero-order valence-electron chi connectivity index (χ0n) is 10.5. The molecule has 0 bridgehead atoms. The molecule has 1 aromatic carbocycles. The molecule has 0 aliphatic heterocycles. The van der Waals surface area contributed by atoms with Crippen molar-refractivity contribution in [3.63, 3.8) is 0 Å². The molecule has 0 radical (unpaired) electrons. The van der Waals surface area contributed by atoms with Gasteiger partial charge in [-0.1, -0.05) is 0 Å². The number of fused-ring (bicyclic) bond motifs is 1. The Balaban J connectivity index is 2.14. The average molecular weight is 310 g/mol. The first-order valence-electron chi connectivity index (χ1n) is 5.72. The van der Waals surface area contributed by atoms with E-state index in [9.17, 15) is 19.7 Å². The number of amides is 1. The zero-order valence-corrected chi connectivity index (χ0v) is 11.3. The van der Waals surface area contributed by atoms with Crippen LogP contribution in [0.1, 0.15) is 0 Å². The first kappa shape index (κ1) is 14.7. The van der Waals surface area contributed by atoms with Gasteiger partial charge in [-0.05, 0) is 12.1 Å². The number of nitro benzene ring substituents is 1. The lowest BCUT2D eigenvalue weighted by Gasteiger charge is -2.07. The Bertz CT molecular complexity index is 714. The van der Waals surface area contributed by atoms with Crippen LogP contribution >= 0.6 is 11.3 Å². The summed E-state index contributed by atoms with van der Waals surface area (Å²) in [5, 5.41) is 24.3. The molecule has 1 aromatic heterocycles. The second kappa shape index (κ2) is 6.13. The van der Waals surface area contributed by atoms with Crippen LogP contribution < -0.4 is 10.6 Å². The summed E-state index contributed by atoms with van der Waals surface area (Å²) >= 11 is 1.28. The van der Waals surface area contributed by atoms with Crippen LogP contribution in [0.25, 0.3) is 10.2 Å². The number of carboxylic acids is 1. The van der Waals surface area contributed by atoms with Gasteiger partial charge in [0.2, 0.25) is 5.91 Å². The van der Waals surface area contributed by atoms with Crippen LogP contribution in [0.3, 0.4) is 0 Å². The molecule has 21 heavy (non-hydrogen) atoms. The minimum atomic E-state index is -1.17. The van der Waals surface area contributed by atoms with E-state index in [4.69, 9.17) is 5.11 Å². The van der Waals surface area contributed by atoms with Gasteiger partial charge >= 0.3 is 11.7 Å². The van der Waals surface area contributed by atoms with Gasteiger partial charge in [-0.25, -0.2) is 4.98 Å². The highest BCUT2D eigenvalue weighted by molar-refractivity contribution is 7.16. The van der Waals surface area contributed by atoms with Crippen LogP contribution in [0.2, 0.25) is 0 Å². The SMILES string of the molecule is O=C(O)CNC(=O)CNc1ccc2scnc2c1[N+](=O)[O-]. The van der Waals surface area contributed by atoms with Crippen LogP contribution in [-0.2, 0) is 9.59 Å². The third kappa shape index (κ3) is 3.42. The predicted octanol–water partition coefficient (Wildman–Crippen LogP) is 0.817. The fourth-order valence-corrected chi connectivity index (χ4v) is 2.34. The Morgan fingerprint density at radius 1 is 1.38 bits per heavy atom. The Labute approximate surface area is 121 Å². The monoisotopic (exact) mass is 310 g/mol. The molecule has 0 atom stereocenters. The van der Waals surface area contributed by atoms with Crippen LogP contribution in [0, 0.1) is 10.1 Å². The Morgan fingerprint density at radius 3 is 2.81 bits per heavy atom. The van der Waals surface area contributed by atoms with Crippen molar-refractivity contribution in [2.24, 2.45) is 0 Å². The number of benzene rings is 1. The average Bonchev–Trinajstić information content (AvgIpc) is 2.89. The van der Waals surface area contributed by atoms with Crippen molar-refractivity contribution in [1.82, 2.24) is 10.3 Å². The molecule has 0 saturated heterocycles.